The molecule has 1 fully saturated rings. The number of alkyl halides is 3. The number of fused-ring (bicyclic) bond motifs is 3. The molecule has 14 nitrogen and oxygen atoms in total. The Balaban J connectivity index is 1.20. The zero-order valence-corrected chi connectivity index (χ0v) is 31.4. The Kier molecular flexibility index (Phi) is 8.89. The smallest absolute Gasteiger partial charge is 0.441 e. The lowest BCUT2D eigenvalue weighted by Crippen LogP contribution is -2.42. The van der Waals surface area contributed by atoms with E-state index in [0.717, 1.165) is 41.1 Å². The van der Waals surface area contributed by atoms with Crippen LogP contribution in [0.4, 0.5) is 18.9 Å². The lowest BCUT2D eigenvalue weighted by molar-refractivity contribution is -0.439. The number of halogens is 4. The first-order chi connectivity index (χ1) is 26.5. The van der Waals surface area contributed by atoms with E-state index >= 15 is 0 Å². The minimum atomic E-state index is -4.63. The molecule has 2 N–H and O–H groups in total. The van der Waals surface area contributed by atoms with Crippen molar-refractivity contribution >= 4 is 41.1 Å². The summed E-state index contributed by atoms with van der Waals surface area (Å²) in [4.78, 5) is 56.5. The molecule has 1 spiro atoms. The molecule has 5 aromatic rings. The van der Waals surface area contributed by atoms with Crippen LogP contribution in [0.1, 0.15) is 77.3 Å². The van der Waals surface area contributed by atoms with Gasteiger partial charge in [-0.2, -0.15) is 27.2 Å². The van der Waals surface area contributed by atoms with E-state index in [9.17, 15) is 32.7 Å². The van der Waals surface area contributed by atoms with Crippen LogP contribution in [0.5, 0.6) is 5.75 Å². The van der Waals surface area contributed by atoms with E-state index < -0.39 is 47.4 Å². The van der Waals surface area contributed by atoms with Gasteiger partial charge in [-0.25, -0.2) is 14.8 Å². The third-order valence-electron chi connectivity index (χ3n) is 11.0. The van der Waals surface area contributed by atoms with Gasteiger partial charge in [-0.1, -0.05) is 35.9 Å². The van der Waals surface area contributed by atoms with E-state index in [1.165, 1.54) is 15.5 Å². The van der Waals surface area contributed by atoms with Crippen LogP contribution in [-0.2, 0) is 33.4 Å². The number of nitrogens with one attached hydrogen (secondary N) is 1. The van der Waals surface area contributed by atoms with Gasteiger partial charge in [0.1, 0.15) is 18.5 Å². The van der Waals surface area contributed by atoms with Crippen molar-refractivity contribution in [2.75, 3.05) is 26.0 Å². The number of rotatable bonds is 7. The predicted octanol–water partition coefficient (Wildman–Crippen LogP) is 5.23. The van der Waals surface area contributed by atoms with Gasteiger partial charge in [0.25, 0.3) is 5.56 Å². The second kappa shape index (κ2) is 13.3. The minimum absolute atomic E-state index is 0.0317. The number of carbonyl (C=O) groups is 2. The highest BCUT2D eigenvalue weighted by molar-refractivity contribution is 6.33. The molecule has 0 bridgehead atoms. The maximum absolute atomic E-state index is 14.6. The zero-order valence-electron chi connectivity index (χ0n) is 30.7. The number of hydrogen-bond donors (Lipinski definition) is 2. The van der Waals surface area contributed by atoms with Crippen LogP contribution in [0.25, 0.3) is 17.2 Å². The Bertz CT molecular complexity index is 2550. The van der Waals surface area contributed by atoms with Crippen molar-refractivity contribution < 1.29 is 37.2 Å². The van der Waals surface area contributed by atoms with Gasteiger partial charge in [-0.15, -0.1) is 5.10 Å². The van der Waals surface area contributed by atoms with Gasteiger partial charge in [-0.05, 0) is 64.5 Å². The molecular weight excluding hydrogens is 755 g/mol. The summed E-state index contributed by atoms with van der Waals surface area (Å²) in [6.45, 7) is 2.95. The topological polar surface area (TPSA) is 160 Å². The Hall–Kier alpha value is -5.52. The third-order valence-corrected chi connectivity index (χ3v) is 11.3. The molecular formula is C38H36ClF3N9O5+. The molecule has 0 saturated heterocycles. The SMILES string of the molecule is Cc1ncnc(C(=O)[N+]2=CCC3(CC2)OC(C)c2c3c(=O)n3nc(-c4ccc(C5(N(C)C)CC5)cc4)nc3n2CC(=O)Nc2ccc(C(F)(F)F)cc2Cl)c1O. The Morgan fingerprint density at radius 2 is 1.86 bits per heavy atom. The molecule has 2 amide bonds. The number of aryl methyl sites for hydroxylation is 1. The number of carbonyl (C=O) groups excluding carboxylic acids is 2. The number of ether oxygens (including phenoxy) is 1. The standard InChI is InChI=1S/C38H35ClF3N9O5/c1-20-31(53)29(44-19-43-20)34(55)49-15-13-37(14-16-49)28-30(21(2)56-37)50(18-27(52)45-26-10-9-24(17-25(26)39)38(40,41)42)35-46-32(47-51(35)33(28)54)22-5-7-23(8-6-22)36(11-12-36)48(3)4/h5-10,15,17,19,21H,11-14,16,18H2,1-4H3,(H-,45,52,53,55)/p+1. The van der Waals surface area contributed by atoms with Crippen molar-refractivity contribution in [1.29, 1.82) is 0 Å². The lowest BCUT2D eigenvalue weighted by atomic mass is 9.86. The fourth-order valence-corrected chi connectivity index (χ4v) is 8.08. The van der Waals surface area contributed by atoms with Crippen LogP contribution in [0.3, 0.4) is 0 Å². The van der Waals surface area contributed by atoms with Crippen molar-refractivity contribution in [3.8, 4) is 17.1 Å². The van der Waals surface area contributed by atoms with Gasteiger partial charge in [0.2, 0.25) is 17.4 Å². The average Bonchev–Trinajstić information content (AvgIpc) is 3.77. The third kappa shape index (κ3) is 6.13. The number of amides is 2. The van der Waals surface area contributed by atoms with E-state index in [1.807, 2.05) is 38.4 Å². The first-order valence-corrected chi connectivity index (χ1v) is 18.2. The van der Waals surface area contributed by atoms with E-state index in [-0.39, 0.29) is 69.9 Å². The van der Waals surface area contributed by atoms with Crippen LogP contribution in [0, 0.1) is 6.92 Å². The number of aromatic hydroxyl groups is 1. The maximum atomic E-state index is 14.6. The molecule has 0 radical (unpaired) electrons. The van der Waals surface area contributed by atoms with Crippen molar-refractivity contribution in [3.05, 3.63) is 97.9 Å². The fraction of sp³-hybridized carbons (Fsp3) is 0.368. The number of benzene rings is 2. The van der Waals surface area contributed by atoms with Gasteiger partial charge in [0.15, 0.2) is 24.3 Å². The predicted molar refractivity (Wildman–Crippen MR) is 197 cm³/mol. The highest BCUT2D eigenvalue weighted by Crippen LogP contribution is 2.50. The summed E-state index contributed by atoms with van der Waals surface area (Å²) in [5, 5.41) is 17.4. The highest BCUT2D eigenvalue weighted by atomic mass is 35.5. The van der Waals surface area contributed by atoms with Crippen molar-refractivity contribution in [2.45, 2.75) is 69.5 Å². The summed E-state index contributed by atoms with van der Waals surface area (Å²) < 4.78 is 50.5. The van der Waals surface area contributed by atoms with Crippen LogP contribution in [0.2, 0.25) is 5.02 Å². The first-order valence-electron chi connectivity index (χ1n) is 17.8. The van der Waals surface area contributed by atoms with Crippen LogP contribution in [-0.4, -0.2) is 82.4 Å². The monoisotopic (exact) mass is 790 g/mol. The number of hydrogen-bond acceptors (Lipinski definition) is 10. The molecule has 5 heterocycles. The Morgan fingerprint density at radius 3 is 2.48 bits per heavy atom. The summed E-state index contributed by atoms with van der Waals surface area (Å²) in [5.41, 5.74) is -0.314. The fourth-order valence-electron chi connectivity index (χ4n) is 7.85. The quantitative estimate of drug-likeness (QED) is 0.209. The summed E-state index contributed by atoms with van der Waals surface area (Å²) in [7, 11) is 4.08. The molecule has 2 aromatic carbocycles. The molecule has 18 heteroatoms. The van der Waals surface area contributed by atoms with Gasteiger partial charge < -0.3 is 19.7 Å². The van der Waals surface area contributed by atoms with Crippen molar-refractivity contribution in [2.24, 2.45) is 0 Å². The van der Waals surface area contributed by atoms with Gasteiger partial charge >= 0.3 is 12.1 Å². The lowest BCUT2D eigenvalue weighted by Gasteiger charge is -2.29. The van der Waals surface area contributed by atoms with Gasteiger partial charge in [0.05, 0.1) is 45.7 Å². The molecule has 56 heavy (non-hydrogen) atoms. The Labute approximate surface area is 322 Å². The molecule has 1 aliphatic carbocycles. The van der Waals surface area contributed by atoms with Gasteiger partial charge in [0, 0.05) is 17.5 Å². The number of aromatic nitrogens is 6. The van der Waals surface area contributed by atoms with Gasteiger partial charge in [-0.3, -0.25) is 14.5 Å². The maximum Gasteiger partial charge on any atom is 0.441 e. The second-order valence-corrected chi connectivity index (χ2v) is 15.0. The highest BCUT2D eigenvalue weighted by Gasteiger charge is 2.52. The molecule has 3 aliphatic rings. The molecule has 2 aliphatic heterocycles. The second-order valence-electron chi connectivity index (χ2n) is 14.6. The Morgan fingerprint density at radius 1 is 1.12 bits per heavy atom. The molecule has 2 unspecified atom stereocenters. The van der Waals surface area contributed by atoms with Crippen molar-refractivity contribution in [1.82, 2.24) is 34.0 Å². The molecule has 1 saturated carbocycles. The minimum Gasteiger partial charge on any atom is -0.504 e. The molecule has 3 aromatic heterocycles. The van der Waals surface area contributed by atoms with E-state index in [2.05, 4.69) is 25.3 Å². The normalized spacial score (nSPS) is 20.0. The number of nitrogens with zero attached hydrogens (tertiary/aromatic N) is 8. The summed E-state index contributed by atoms with van der Waals surface area (Å²) in [6, 6.07) is 10.4. The zero-order chi connectivity index (χ0) is 39.9. The summed E-state index contributed by atoms with van der Waals surface area (Å²) >= 11 is 6.17. The van der Waals surface area contributed by atoms with Crippen molar-refractivity contribution in [3.63, 3.8) is 0 Å². The molecule has 8 rings (SSSR count). The molecule has 2 atom stereocenters. The largest absolute Gasteiger partial charge is 0.504 e. The van der Waals surface area contributed by atoms with E-state index in [4.69, 9.17) is 21.3 Å². The first kappa shape index (κ1) is 37.4. The summed E-state index contributed by atoms with van der Waals surface area (Å²) in [6.07, 6.45) is -0.282. The molecule has 290 valence electrons. The van der Waals surface area contributed by atoms with Crippen LogP contribution < -0.4 is 10.9 Å². The number of anilines is 1. The van der Waals surface area contributed by atoms with E-state index in [0.29, 0.717) is 11.3 Å². The average molecular weight is 791 g/mol. The van der Waals surface area contributed by atoms with Crippen LogP contribution >= 0.6 is 11.6 Å². The van der Waals surface area contributed by atoms with E-state index in [1.54, 1.807) is 20.1 Å². The summed E-state index contributed by atoms with van der Waals surface area (Å²) in [5.74, 6) is -1.25. The van der Waals surface area contributed by atoms with Crippen LogP contribution in [0.15, 0.2) is 53.6 Å².